The molecule has 9 heteroatoms. The fourth-order valence-electron chi connectivity index (χ4n) is 10.0. The van der Waals surface area contributed by atoms with E-state index >= 15 is 0 Å². The van der Waals surface area contributed by atoms with Gasteiger partial charge in [-0.3, -0.25) is 0 Å². The molecule has 0 aliphatic rings. The van der Waals surface area contributed by atoms with Crippen molar-refractivity contribution in [1.82, 2.24) is 19.1 Å². The summed E-state index contributed by atoms with van der Waals surface area (Å²) in [4.78, 5) is 10.6. The first-order valence-corrected chi connectivity index (χ1v) is 23.0. The fraction of sp³-hybridized carbons (Fsp3) is 0. The summed E-state index contributed by atoms with van der Waals surface area (Å²) in [6.07, 6.45) is 0. The van der Waals surface area contributed by atoms with Gasteiger partial charge in [0.1, 0.15) is 11.6 Å². The Balaban J connectivity index is 1.17. The molecule has 9 nitrogen and oxygen atoms in total. The van der Waals surface area contributed by atoms with E-state index in [4.69, 9.17) is 9.97 Å². The van der Waals surface area contributed by atoms with Crippen LogP contribution in [-0.4, -0.2) is 19.1 Å². The van der Waals surface area contributed by atoms with Crippen molar-refractivity contribution in [2.24, 2.45) is 0 Å². The zero-order valence-electron chi connectivity index (χ0n) is 38.1. The second kappa shape index (κ2) is 17.3. The summed E-state index contributed by atoms with van der Waals surface area (Å²) in [5.74, 6) is 0.461. The van der Waals surface area contributed by atoms with Gasteiger partial charge in [-0.25, -0.2) is 9.97 Å². The second-order valence-electron chi connectivity index (χ2n) is 17.3. The molecule has 0 aliphatic heterocycles. The number of aromatic nitrogens is 4. The van der Waals surface area contributed by atoms with E-state index in [1.165, 1.54) is 0 Å². The highest BCUT2D eigenvalue weighted by Crippen LogP contribution is 2.42. The molecule has 9 aromatic carbocycles. The van der Waals surface area contributed by atoms with Crippen molar-refractivity contribution in [3.8, 4) is 97.9 Å². The Labute approximate surface area is 413 Å². The van der Waals surface area contributed by atoms with Gasteiger partial charge in [-0.1, -0.05) is 121 Å². The van der Waals surface area contributed by atoms with Gasteiger partial charge < -0.3 is 9.13 Å². The van der Waals surface area contributed by atoms with Crippen LogP contribution in [0.15, 0.2) is 200 Å². The van der Waals surface area contributed by atoms with E-state index in [-0.39, 0.29) is 0 Å². The molecule has 0 aliphatic carbocycles. The minimum absolute atomic E-state index is 0.398. The van der Waals surface area contributed by atoms with E-state index in [0.717, 1.165) is 77.3 Å². The monoisotopic (exact) mass is 915 g/mol. The predicted octanol–water partition coefficient (Wildman–Crippen LogP) is 14.4. The van der Waals surface area contributed by atoms with Crippen molar-refractivity contribution >= 4 is 43.6 Å². The molecular formula is C63H33N9. The Morgan fingerprint density at radius 3 is 1.18 bits per heavy atom. The molecule has 72 heavy (non-hydrogen) atoms. The first-order valence-electron chi connectivity index (χ1n) is 23.0. The van der Waals surface area contributed by atoms with E-state index in [0.29, 0.717) is 61.7 Å². The summed E-state index contributed by atoms with van der Waals surface area (Å²) < 4.78 is 4.26. The summed E-state index contributed by atoms with van der Waals surface area (Å²) in [5, 5.41) is 55.0. The third-order valence-corrected chi connectivity index (χ3v) is 13.3. The number of para-hydroxylation sites is 2. The molecule has 330 valence electrons. The zero-order chi connectivity index (χ0) is 48.9. The Kier molecular flexibility index (Phi) is 10.2. The molecule has 0 amide bonds. The molecule has 0 fully saturated rings. The van der Waals surface area contributed by atoms with Gasteiger partial charge in [-0.2, -0.15) is 26.3 Å². The summed E-state index contributed by atoms with van der Waals surface area (Å²) in [5.41, 5.74) is 13.6. The molecule has 0 N–H and O–H groups in total. The van der Waals surface area contributed by atoms with Crippen LogP contribution in [0.2, 0.25) is 0 Å². The quantitative estimate of drug-likeness (QED) is 0.154. The smallest absolute Gasteiger partial charge is 0.160 e. The van der Waals surface area contributed by atoms with Crippen molar-refractivity contribution in [1.29, 1.82) is 26.3 Å². The van der Waals surface area contributed by atoms with Crippen LogP contribution in [0.5, 0.6) is 0 Å². The molecule has 12 aromatic rings. The minimum atomic E-state index is 0.398. The van der Waals surface area contributed by atoms with Gasteiger partial charge in [0.15, 0.2) is 5.82 Å². The normalized spacial score (nSPS) is 11.0. The maximum absolute atomic E-state index is 11.7. The van der Waals surface area contributed by atoms with Gasteiger partial charge in [-0.15, -0.1) is 0 Å². The number of fused-ring (bicyclic) bond motifs is 6. The molecule has 0 atom stereocenters. The summed E-state index contributed by atoms with van der Waals surface area (Å²) >= 11 is 0. The Morgan fingerprint density at radius 1 is 0.319 bits per heavy atom. The Morgan fingerprint density at radius 2 is 0.750 bits per heavy atom. The van der Waals surface area contributed by atoms with E-state index in [9.17, 15) is 26.3 Å². The summed E-state index contributed by atoms with van der Waals surface area (Å²) in [6.45, 7) is 0. The summed E-state index contributed by atoms with van der Waals surface area (Å²) in [6, 6.07) is 76.2. The first kappa shape index (κ1) is 42.5. The van der Waals surface area contributed by atoms with Gasteiger partial charge in [-0.05, 0) is 101 Å². The summed E-state index contributed by atoms with van der Waals surface area (Å²) in [7, 11) is 0. The number of hydrogen-bond acceptors (Lipinski definition) is 7. The second-order valence-corrected chi connectivity index (χ2v) is 17.3. The van der Waals surface area contributed by atoms with Crippen molar-refractivity contribution in [3.05, 3.63) is 228 Å². The number of hydrogen-bond donors (Lipinski definition) is 0. The van der Waals surface area contributed by atoms with E-state index in [1.54, 1.807) is 24.3 Å². The molecule has 3 aromatic heterocycles. The molecule has 0 spiro atoms. The molecular weight excluding hydrogens is 883 g/mol. The number of benzene rings is 9. The van der Waals surface area contributed by atoms with Crippen molar-refractivity contribution in [2.45, 2.75) is 0 Å². The topological polar surface area (TPSA) is 155 Å². The number of nitrogens with zero attached hydrogens (tertiary/aromatic N) is 9. The molecule has 0 saturated carbocycles. The average Bonchev–Trinajstić information content (AvgIpc) is 3.96. The predicted molar refractivity (Wildman–Crippen MR) is 281 cm³/mol. The molecule has 0 unspecified atom stereocenters. The van der Waals surface area contributed by atoms with Gasteiger partial charge in [0.2, 0.25) is 0 Å². The van der Waals surface area contributed by atoms with Gasteiger partial charge in [0.25, 0.3) is 0 Å². The first-order chi connectivity index (χ1) is 35.5. The molecule has 12 rings (SSSR count). The molecule has 0 radical (unpaired) electrons. The number of rotatable bonds is 7. The van der Waals surface area contributed by atoms with Crippen molar-refractivity contribution in [2.75, 3.05) is 0 Å². The lowest BCUT2D eigenvalue weighted by Crippen LogP contribution is -2.06. The van der Waals surface area contributed by atoms with Crippen LogP contribution in [0, 0.1) is 56.7 Å². The lowest BCUT2D eigenvalue weighted by atomic mass is 9.97. The van der Waals surface area contributed by atoms with Crippen LogP contribution in [0.4, 0.5) is 0 Å². The highest BCUT2D eigenvalue weighted by atomic mass is 15.0. The third-order valence-electron chi connectivity index (χ3n) is 13.3. The van der Waals surface area contributed by atoms with Crippen LogP contribution >= 0.6 is 0 Å². The standard InChI is InChI=1S/C63H33N9/c64-34-39-19-23-48(46(27-39)36-66)43-21-25-59-52(29-43)50-15-7-9-17-57(50)71(59)61-31-45(63-69-55(41-11-3-1-4-12-41)33-56(70-63)42-13-5-2-6-14-42)32-62(54(61)38-68)72-58-18-10-8-16-51(58)53-30-44(22-26-60(53)72)49-24-20-40(35-65)28-47(49)37-67/h1-33H. The maximum Gasteiger partial charge on any atom is 0.160 e. The molecule has 3 heterocycles. The van der Waals surface area contributed by atoms with Crippen LogP contribution in [0.3, 0.4) is 0 Å². The van der Waals surface area contributed by atoms with Crippen LogP contribution in [0.25, 0.3) is 111 Å². The third kappa shape index (κ3) is 6.98. The van der Waals surface area contributed by atoms with Crippen LogP contribution in [-0.2, 0) is 0 Å². The van der Waals surface area contributed by atoms with E-state index in [1.807, 2.05) is 152 Å². The Hall–Kier alpha value is -10.9. The van der Waals surface area contributed by atoms with Crippen LogP contribution in [0.1, 0.15) is 27.8 Å². The minimum Gasteiger partial charge on any atom is -0.308 e. The van der Waals surface area contributed by atoms with Crippen molar-refractivity contribution < 1.29 is 0 Å². The van der Waals surface area contributed by atoms with Gasteiger partial charge in [0.05, 0.1) is 91.4 Å². The van der Waals surface area contributed by atoms with Gasteiger partial charge in [0, 0.05) is 38.2 Å². The largest absolute Gasteiger partial charge is 0.308 e. The Bertz CT molecular complexity index is 4180. The van der Waals surface area contributed by atoms with Gasteiger partial charge >= 0.3 is 0 Å². The SMILES string of the molecule is N#Cc1ccc(-c2ccc3c(c2)c2ccccc2n3-c2cc(-c3nc(-c4ccccc4)cc(-c4ccccc4)n3)cc(-n3c4ccccc4c4cc(-c5ccc(C#N)cc5C#N)ccc43)c2C#N)c(C#N)c1. The lowest BCUT2D eigenvalue weighted by Gasteiger charge is -2.18. The fourth-order valence-corrected chi connectivity index (χ4v) is 10.0. The zero-order valence-corrected chi connectivity index (χ0v) is 38.1. The molecule has 0 saturated heterocycles. The molecule has 0 bridgehead atoms. The highest BCUT2D eigenvalue weighted by molar-refractivity contribution is 6.12. The lowest BCUT2D eigenvalue weighted by molar-refractivity contribution is 1.11. The number of nitriles is 5. The van der Waals surface area contributed by atoms with Crippen LogP contribution < -0.4 is 0 Å². The maximum atomic E-state index is 11.7. The average molecular weight is 916 g/mol. The van der Waals surface area contributed by atoms with Crippen molar-refractivity contribution in [3.63, 3.8) is 0 Å². The van der Waals surface area contributed by atoms with E-state index < -0.39 is 0 Å². The van der Waals surface area contributed by atoms with E-state index in [2.05, 4.69) is 63.7 Å². The highest BCUT2D eigenvalue weighted by Gasteiger charge is 2.25.